The minimum absolute atomic E-state index is 0.201. The highest BCUT2D eigenvalue weighted by atomic mass is 35.5. The van der Waals surface area contributed by atoms with Crippen molar-refractivity contribution in [3.63, 3.8) is 0 Å². The second-order valence-electron chi connectivity index (χ2n) is 7.50. The molecule has 8 heteroatoms. The van der Waals surface area contributed by atoms with E-state index in [9.17, 15) is 18.0 Å². The van der Waals surface area contributed by atoms with Gasteiger partial charge in [0, 0.05) is 24.2 Å². The maximum atomic E-state index is 13.1. The van der Waals surface area contributed by atoms with Crippen LogP contribution in [0.2, 0.25) is 5.02 Å². The molecule has 1 saturated heterocycles. The summed E-state index contributed by atoms with van der Waals surface area (Å²) in [6, 6.07) is 3.71. The predicted molar refractivity (Wildman–Crippen MR) is 108 cm³/mol. The lowest BCUT2D eigenvalue weighted by Gasteiger charge is -2.14. The van der Waals surface area contributed by atoms with E-state index < -0.39 is 11.7 Å². The molecule has 29 heavy (non-hydrogen) atoms. The van der Waals surface area contributed by atoms with E-state index in [1.165, 1.54) is 38.1 Å². The van der Waals surface area contributed by atoms with Crippen LogP contribution in [0.3, 0.4) is 0 Å². The van der Waals surface area contributed by atoms with Gasteiger partial charge in [0.1, 0.15) is 0 Å². The molecule has 2 heterocycles. The third kappa shape index (κ3) is 5.60. The normalized spacial score (nSPS) is 17.8. The number of carbonyl (C=O) groups excluding carboxylic acids is 1. The van der Waals surface area contributed by atoms with E-state index in [1.54, 1.807) is 6.92 Å². The number of hydrogen-bond donors (Lipinski definition) is 1. The van der Waals surface area contributed by atoms with Gasteiger partial charge in [-0.15, -0.1) is 0 Å². The van der Waals surface area contributed by atoms with Crippen molar-refractivity contribution in [1.29, 1.82) is 0 Å². The number of hydrogen-bond acceptors (Lipinski definition) is 3. The van der Waals surface area contributed by atoms with Gasteiger partial charge in [-0.1, -0.05) is 17.7 Å². The Kier molecular flexibility index (Phi) is 7.01. The molecule has 0 unspecified atom stereocenters. The average molecular weight is 428 g/mol. The minimum Gasteiger partial charge on any atom is -0.352 e. The van der Waals surface area contributed by atoms with Crippen molar-refractivity contribution in [3.05, 3.63) is 45.6 Å². The number of amides is 1. The Labute approximate surface area is 173 Å². The zero-order chi connectivity index (χ0) is 21.0. The SMILES string of the molecule is CC1=C(C(=O)NCCCCN2CCCC2)CC(c2ccc(Cl)c(C(F)(F)F)c2)=N1. The zero-order valence-corrected chi connectivity index (χ0v) is 17.2. The van der Waals surface area contributed by atoms with Crippen LogP contribution < -0.4 is 5.32 Å². The van der Waals surface area contributed by atoms with Crippen molar-refractivity contribution >= 4 is 23.2 Å². The average Bonchev–Trinajstić information content (AvgIpc) is 3.30. The van der Waals surface area contributed by atoms with Gasteiger partial charge in [-0.05, 0) is 69.9 Å². The van der Waals surface area contributed by atoms with Gasteiger partial charge in [-0.25, -0.2) is 0 Å². The first-order valence-corrected chi connectivity index (χ1v) is 10.3. The molecule has 4 nitrogen and oxygen atoms in total. The van der Waals surface area contributed by atoms with Crippen molar-refractivity contribution in [3.8, 4) is 0 Å². The van der Waals surface area contributed by atoms with Crippen LogP contribution in [0.15, 0.2) is 34.5 Å². The van der Waals surface area contributed by atoms with Gasteiger partial charge in [0.05, 0.1) is 16.3 Å². The van der Waals surface area contributed by atoms with E-state index in [4.69, 9.17) is 11.6 Å². The van der Waals surface area contributed by atoms with E-state index in [-0.39, 0.29) is 17.4 Å². The molecule has 0 spiro atoms. The summed E-state index contributed by atoms with van der Waals surface area (Å²) in [5.41, 5.74) is 0.924. The number of carbonyl (C=O) groups is 1. The Morgan fingerprint density at radius 1 is 1.24 bits per heavy atom. The highest BCUT2D eigenvalue weighted by Gasteiger charge is 2.34. The molecular formula is C21H25ClF3N3O. The summed E-state index contributed by atoms with van der Waals surface area (Å²) < 4.78 is 39.3. The van der Waals surface area contributed by atoms with Crippen LogP contribution >= 0.6 is 11.6 Å². The Hall–Kier alpha value is -1.86. The van der Waals surface area contributed by atoms with E-state index in [1.807, 2.05) is 0 Å². The molecule has 0 atom stereocenters. The number of allylic oxidation sites excluding steroid dienone is 1. The topological polar surface area (TPSA) is 44.7 Å². The van der Waals surface area contributed by atoms with Crippen LogP contribution in [0.1, 0.15) is 50.2 Å². The fourth-order valence-corrected chi connectivity index (χ4v) is 3.94. The Balaban J connectivity index is 1.52. The molecule has 3 rings (SSSR count). The molecule has 0 bridgehead atoms. The van der Waals surface area contributed by atoms with Gasteiger partial charge in [-0.2, -0.15) is 13.2 Å². The molecule has 0 radical (unpaired) electrons. The van der Waals surface area contributed by atoms with Crippen molar-refractivity contribution in [2.45, 2.75) is 45.2 Å². The monoisotopic (exact) mass is 427 g/mol. The second-order valence-corrected chi connectivity index (χ2v) is 7.91. The van der Waals surface area contributed by atoms with E-state index in [0.717, 1.165) is 25.5 Å². The molecular weight excluding hydrogens is 403 g/mol. The molecule has 1 aromatic carbocycles. The van der Waals surface area contributed by atoms with Gasteiger partial charge in [0.25, 0.3) is 0 Å². The van der Waals surface area contributed by atoms with E-state index in [2.05, 4.69) is 15.2 Å². The molecule has 0 saturated carbocycles. The summed E-state index contributed by atoms with van der Waals surface area (Å²) in [6.45, 7) is 5.68. The zero-order valence-electron chi connectivity index (χ0n) is 16.4. The fraction of sp³-hybridized carbons (Fsp3) is 0.524. The first-order chi connectivity index (χ1) is 13.8. The number of unbranched alkanes of at least 4 members (excludes halogenated alkanes) is 1. The number of nitrogens with one attached hydrogen (secondary N) is 1. The van der Waals surface area contributed by atoms with Crippen LogP contribution in [0.4, 0.5) is 13.2 Å². The lowest BCUT2D eigenvalue weighted by Crippen LogP contribution is -2.27. The molecule has 1 N–H and O–H groups in total. The molecule has 158 valence electrons. The van der Waals surface area contributed by atoms with Gasteiger partial charge >= 0.3 is 6.18 Å². The highest BCUT2D eigenvalue weighted by molar-refractivity contribution is 6.31. The Morgan fingerprint density at radius 2 is 1.97 bits per heavy atom. The van der Waals surface area contributed by atoms with Crippen molar-refractivity contribution in [2.24, 2.45) is 4.99 Å². The standard InChI is InChI=1S/C21H25ClF3N3O/c1-14-16(20(29)26-8-2-3-9-28-10-4-5-11-28)13-19(27-14)15-6-7-18(22)17(12-15)21(23,24)25/h6-7,12H,2-5,8-11,13H2,1H3,(H,26,29). The Morgan fingerprint density at radius 3 is 2.66 bits per heavy atom. The van der Waals surface area contributed by atoms with Crippen LogP contribution in [0.5, 0.6) is 0 Å². The molecule has 1 fully saturated rings. The number of benzene rings is 1. The highest BCUT2D eigenvalue weighted by Crippen LogP contribution is 2.36. The number of halogens is 4. The molecule has 2 aliphatic rings. The Bertz CT molecular complexity index is 827. The van der Waals surface area contributed by atoms with E-state index >= 15 is 0 Å². The largest absolute Gasteiger partial charge is 0.417 e. The molecule has 0 aliphatic carbocycles. The summed E-state index contributed by atoms with van der Waals surface area (Å²) in [6.07, 6.45) is 0.142. The summed E-state index contributed by atoms with van der Waals surface area (Å²) in [7, 11) is 0. The number of nitrogens with zero attached hydrogens (tertiary/aromatic N) is 2. The van der Waals surface area contributed by atoms with Crippen molar-refractivity contribution in [1.82, 2.24) is 10.2 Å². The predicted octanol–water partition coefficient (Wildman–Crippen LogP) is 4.82. The maximum absolute atomic E-state index is 13.1. The third-order valence-corrected chi connectivity index (χ3v) is 5.68. The van der Waals surface area contributed by atoms with Gasteiger partial charge in [0.15, 0.2) is 0 Å². The van der Waals surface area contributed by atoms with Crippen LogP contribution in [-0.4, -0.2) is 42.7 Å². The number of likely N-dealkylation sites (tertiary alicyclic amines) is 1. The number of aliphatic imine (C=N–C) groups is 1. The van der Waals surface area contributed by atoms with Crippen LogP contribution in [-0.2, 0) is 11.0 Å². The lowest BCUT2D eigenvalue weighted by atomic mass is 10.0. The third-order valence-electron chi connectivity index (χ3n) is 5.35. The summed E-state index contributed by atoms with van der Waals surface area (Å²) in [4.78, 5) is 19.2. The fourth-order valence-electron chi connectivity index (χ4n) is 3.71. The lowest BCUT2D eigenvalue weighted by molar-refractivity contribution is -0.137. The van der Waals surface area contributed by atoms with Crippen LogP contribution in [0.25, 0.3) is 0 Å². The quantitative estimate of drug-likeness (QED) is 0.634. The van der Waals surface area contributed by atoms with Crippen molar-refractivity contribution in [2.75, 3.05) is 26.2 Å². The van der Waals surface area contributed by atoms with Crippen LogP contribution in [0, 0.1) is 0 Å². The van der Waals surface area contributed by atoms with Crippen molar-refractivity contribution < 1.29 is 18.0 Å². The maximum Gasteiger partial charge on any atom is 0.417 e. The summed E-state index contributed by atoms with van der Waals surface area (Å²) in [5.74, 6) is -0.201. The molecule has 2 aliphatic heterocycles. The van der Waals surface area contributed by atoms with Gasteiger partial charge < -0.3 is 10.2 Å². The molecule has 0 aromatic heterocycles. The first kappa shape index (κ1) is 21.8. The summed E-state index contributed by atoms with van der Waals surface area (Å²) in [5, 5.41) is 2.56. The summed E-state index contributed by atoms with van der Waals surface area (Å²) >= 11 is 5.68. The minimum atomic E-state index is -4.54. The first-order valence-electron chi connectivity index (χ1n) is 9.90. The van der Waals surface area contributed by atoms with Gasteiger partial charge in [0.2, 0.25) is 5.91 Å². The number of rotatable bonds is 7. The number of alkyl halides is 3. The molecule has 1 amide bonds. The van der Waals surface area contributed by atoms with E-state index in [0.29, 0.717) is 29.1 Å². The van der Waals surface area contributed by atoms with Gasteiger partial charge in [-0.3, -0.25) is 9.79 Å². The molecule has 1 aromatic rings. The smallest absolute Gasteiger partial charge is 0.352 e. The second kappa shape index (κ2) is 9.30.